The van der Waals surface area contributed by atoms with E-state index in [4.69, 9.17) is 5.10 Å². The molecule has 2 aliphatic rings. The molecule has 0 amide bonds. The SMILES string of the molecule is CC1CNCCc2nn(C(C)C)c(C3=CCC(F)C=C3)c21. The number of hydrogen-bond acceptors (Lipinski definition) is 2. The largest absolute Gasteiger partial charge is 0.316 e. The predicted molar refractivity (Wildman–Crippen MR) is 84.2 cm³/mol. The number of halogens is 1. The van der Waals surface area contributed by atoms with Crippen molar-refractivity contribution < 1.29 is 4.39 Å². The quantitative estimate of drug-likeness (QED) is 0.904. The van der Waals surface area contributed by atoms with Gasteiger partial charge in [0.05, 0.1) is 11.4 Å². The Morgan fingerprint density at radius 3 is 2.90 bits per heavy atom. The summed E-state index contributed by atoms with van der Waals surface area (Å²) in [5.74, 6) is 0.433. The van der Waals surface area contributed by atoms with E-state index < -0.39 is 6.17 Å². The lowest BCUT2D eigenvalue weighted by molar-refractivity contribution is 0.402. The maximum atomic E-state index is 13.4. The van der Waals surface area contributed by atoms with Crippen molar-refractivity contribution in [2.45, 2.75) is 51.7 Å². The second-order valence-electron chi connectivity index (χ2n) is 6.37. The maximum absolute atomic E-state index is 13.4. The highest BCUT2D eigenvalue weighted by atomic mass is 19.1. The fraction of sp³-hybridized carbons (Fsp3) is 0.588. The summed E-state index contributed by atoms with van der Waals surface area (Å²) in [7, 11) is 0. The third-order valence-electron chi connectivity index (χ3n) is 4.32. The van der Waals surface area contributed by atoms with Crippen LogP contribution < -0.4 is 5.32 Å². The zero-order valence-corrected chi connectivity index (χ0v) is 13.1. The highest BCUT2D eigenvalue weighted by Gasteiger charge is 2.27. The van der Waals surface area contributed by atoms with Crippen LogP contribution in [0, 0.1) is 0 Å². The van der Waals surface area contributed by atoms with Crippen molar-refractivity contribution in [3.63, 3.8) is 0 Å². The lowest BCUT2D eigenvalue weighted by Crippen LogP contribution is -2.20. The Morgan fingerprint density at radius 1 is 1.43 bits per heavy atom. The Bertz CT molecular complexity index is 583. The van der Waals surface area contributed by atoms with Gasteiger partial charge in [-0.25, -0.2) is 4.39 Å². The fourth-order valence-electron chi connectivity index (χ4n) is 3.26. The third kappa shape index (κ3) is 2.69. The molecule has 4 heteroatoms. The summed E-state index contributed by atoms with van der Waals surface area (Å²) in [6, 6.07) is 0.310. The van der Waals surface area contributed by atoms with Crippen LogP contribution in [0.4, 0.5) is 4.39 Å². The highest BCUT2D eigenvalue weighted by Crippen LogP contribution is 2.34. The molecular weight excluding hydrogens is 265 g/mol. The number of alkyl halides is 1. The molecule has 3 rings (SSSR count). The van der Waals surface area contributed by atoms with E-state index in [1.54, 1.807) is 6.08 Å². The molecule has 1 aromatic heterocycles. The summed E-state index contributed by atoms with van der Waals surface area (Å²) < 4.78 is 15.5. The van der Waals surface area contributed by atoms with Gasteiger partial charge in [-0.05, 0) is 31.4 Å². The number of aromatic nitrogens is 2. The minimum atomic E-state index is -0.845. The van der Waals surface area contributed by atoms with Crippen LogP contribution in [0.1, 0.15) is 56.1 Å². The Hall–Kier alpha value is -1.42. The molecule has 0 aromatic carbocycles. The molecule has 2 unspecified atom stereocenters. The molecule has 1 N–H and O–H groups in total. The van der Waals surface area contributed by atoms with Crippen LogP contribution in [0.5, 0.6) is 0 Å². The zero-order valence-electron chi connectivity index (χ0n) is 13.1. The second kappa shape index (κ2) is 5.76. The van der Waals surface area contributed by atoms with Gasteiger partial charge in [-0.15, -0.1) is 0 Å². The van der Waals surface area contributed by atoms with Crippen LogP contribution in [0.15, 0.2) is 18.2 Å². The van der Waals surface area contributed by atoms with E-state index in [0.717, 1.165) is 25.1 Å². The van der Waals surface area contributed by atoms with Gasteiger partial charge >= 0.3 is 0 Å². The average Bonchev–Trinajstić information content (AvgIpc) is 2.75. The van der Waals surface area contributed by atoms with Crippen molar-refractivity contribution in [1.82, 2.24) is 15.1 Å². The molecule has 0 saturated carbocycles. The van der Waals surface area contributed by atoms with Gasteiger partial charge in [0.25, 0.3) is 0 Å². The van der Waals surface area contributed by atoms with Gasteiger partial charge in [0, 0.05) is 37.5 Å². The van der Waals surface area contributed by atoms with E-state index in [-0.39, 0.29) is 0 Å². The number of nitrogens with one attached hydrogen (secondary N) is 1. The van der Waals surface area contributed by atoms with E-state index in [1.165, 1.54) is 17.0 Å². The first-order valence-electron chi connectivity index (χ1n) is 7.92. The molecule has 0 fully saturated rings. The Kier molecular flexibility index (Phi) is 3.98. The van der Waals surface area contributed by atoms with Gasteiger partial charge in [-0.3, -0.25) is 4.68 Å². The summed E-state index contributed by atoms with van der Waals surface area (Å²) in [5.41, 5.74) is 4.87. The summed E-state index contributed by atoms with van der Waals surface area (Å²) in [4.78, 5) is 0. The van der Waals surface area contributed by atoms with Crippen LogP contribution in [0.25, 0.3) is 5.57 Å². The van der Waals surface area contributed by atoms with Crippen LogP contribution >= 0.6 is 0 Å². The zero-order chi connectivity index (χ0) is 15.0. The van der Waals surface area contributed by atoms with Crippen molar-refractivity contribution in [3.8, 4) is 0 Å². The van der Waals surface area contributed by atoms with Crippen molar-refractivity contribution in [2.24, 2.45) is 0 Å². The van der Waals surface area contributed by atoms with Crippen LogP contribution in [-0.2, 0) is 6.42 Å². The average molecular weight is 289 g/mol. The van der Waals surface area contributed by atoms with Gasteiger partial charge < -0.3 is 5.32 Å². The number of hydrogen-bond donors (Lipinski definition) is 1. The molecule has 1 aliphatic heterocycles. The molecule has 1 aromatic rings. The van der Waals surface area contributed by atoms with E-state index in [9.17, 15) is 4.39 Å². The molecule has 2 heterocycles. The van der Waals surface area contributed by atoms with Gasteiger partial charge in [0.1, 0.15) is 6.17 Å². The fourth-order valence-corrected chi connectivity index (χ4v) is 3.26. The minimum absolute atomic E-state index is 0.310. The van der Waals surface area contributed by atoms with Gasteiger partial charge in [0.15, 0.2) is 0 Å². The first kappa shape index (κ1) is 14.5. The first-order valence-corrected chi connectivity index (χ1v) is 7.92. The topological polar surface area (TPSA) is 29.9 Å². The van der Waals surface area contributed by atoms with Crippen molar-refractivity contribution in [3.05, 3.63) is 35.2 Å². The van der Waals surface area contributed by atoms with E-state index >= 15 is 0 Å². The standard InChI is InChI=1S/C17H24FN3/c1-11(2)21-17(13-4-6-14(18)7-5-13)16-12(3)10-19-9-8-15(16)20-21/h4-6,11-12,14,19H,7-10H2,1-3H3. The number of rotatable bonds is 2. The lowest BCUT2D eigenvalue weighted by Gasteiger charge is -2.18. The molecule has 0 radical (unpaired) electrons. The maximum Gasteiger partial charge on any atom is 0.122 e. The molecule has 0 bridgehead atoms. The summed E-state index contributed by atoms with van der Waals surface area (Å²) >= 11 is 0. The summed E-state index contributed by atoms with van der Waals surface area (Å²) in [5, 5.41) is 8.33. The van der Waals surface area contributed by atoms with Crippen molar-refractivity contribution in [1.29, 1.82) is 0 Å². The smallest absolute Gasteiger partial charge is 0.122 e. The van der Waals surface area contributed by atoms with Gasteiger partial charge in [-0.2, -0.15) is 5.10 Å². The molecular formula is C17H24FN3. The third-order valence-corrected chi connectivity index (χ3v) is 4.32. The number of allylic oxidation sites excluding steroid dienone is 4. The molecule has 2 atom stereocenters. The molecule has 3 nitrogen and oxygen atoms in total. The Labute approximate surface area is 125 Å². The Balaban J connectivity index is 2.13. The minimum Gasteiger partial charge on any atom is -0.316 e. The van der Waals surface area contributed by atoms with Crippen molar-refractivity contribution in [2.75, 3.05) is 13.1 Å². The second-order valence-corrected chi connectivity index (χ2v) is 6.37. The van der Waals surface area contributed by atoms with E-state index in [0.29, 0.717) is 18.4 Å². The highest BCUT2D eigenvalue weighted by molar-refractivity contribution is 5.76. The number of fused-ring (bicyclic) bond motifs is 1. The summed E-state index contributed by atoms with van der Waals surface area (Å²) in [6.07, 6.45) is 6.20. The van der Waals surface area contributed by atoms with Crippen LogP contribution in [-0.4, -0.2) is 29.0 Å². The molecule has 0 spiro atoms. The van der Waals surface area contributed by atoms with Gasteiger partial charge in [0.2, 0.25) is 0 Å². The first-order chi connectivity index (χ1) is 10.1. The molecule has 21 heavy (non-hydrogen) atoms. The van der Waals surface area contributed by atoms with Gasteiger partial charge in [-0.1, -0.05) is 19.1 Å². The molecule has 1 aliphatic carbocycles. The summed E-state index contributed by atoms with van der Waals surface area (Å²) in [6.45, 7) is 8.52. The molecule has 114 valence electrons. The van der Waals surface area contributed by atoms with Crippen LogP contribution in [0.3, 0.4) is 0 Å². The predicted octanol–water partition coefficient (Wildman–Crippen LogP) is 3.39. The normalized spacial score (nSPS) is 25.7. The lowest BCUT2D eigenvalue weighted by atomic mass is 9.92. The number of nitrogens with zero attached hydrogens (tertiary/aromatic N) is 2. The van der Waals surface area contributed by atoms with E-state index in [1.807, 2.05) is 12.2 Å². The van der Waals surface area contributed by atoms with E-state index in [2.05, 4.69) is 30.8 Å². The monoisotopic (exact) mass is 289 g/mol. The Morgan fingerprint density at radius 2 is 2.24 bits per heavy atom. The van der Waals surface area contributed by atoms with Crippen molar-refractivity contribution >= 4 is 5.57 Å². The van der Waals surface area contributed by atoms with Crippen LogP contribution in [0.2, 0.25) is 0 Å². The molecule has 0 saturated heterocycles.